The van der Waals surface area contributed by atoms with Crippen LogP contribution in [0.15, 0.2) is 48.9 Å². The number of alkyl halides is 2. The molecular weight excluding hydrogens is 274 g/mol. The second-order valence-corrected chi connectivity index (χ2v) is 4.62. The van der Waals surface area contributed by atoms with Crippen LogP contribution < -0.4 is 5.32 Å². The van der Waals surface area contributed by atoms with E-state index in [2.05, 4.69) is 15.3 Å². The average molecular weight is 288 g/mol. The molecule has 108 valence electrons. The average Bonchev–Trinajstić information content (AvgIpc) is 2.96. The van der Waals surface area contributed by atoms with E-state index in [1.54, 1.807) is 6.20 Å². The molecule has 1 aromatic carbocycles. The highest BCUT2D eigenvalue weighted by Gasteiger charge is 2.10. The van der Waals surface area contributed by atoms with Crippen LogP contribution in [0, 0.1) is 0 Å². The molecule has 4 nitrogen and oxygen atoms in total. The van der Waals surface area contributed by atoms with Crippen molar-refractivity contribution in [2.75, 3.05) is 0 Å². The summed E-state index contributed by atoms with van der Waals surface area (Å²) in [6.45, 7) is -1.74. The van der Waals surface area contributed by atoms with E-state index in [4.69, 9.17) is 0 Å². The van der Waals surface area contributed by atoms with Crippen molar-refractivity contribution in [2.45, 2.75) is 19.6 Å². The van der Waals surface area contributed by atoms with Crippen LogP contribution in [-0.2, 0) is 13.1 Å². The van der Waals surface area contributed by atoms with Gasteiger partial charge in [-0.3, -0.25) is 9.55 Å². The molecule has 21 heavy (non-hydrogen) atoms. The van der Waals surface area contributed by atoms with Crippen LogP contribution in [0.25, 0.3) is 10.9 Å². The lowest BCUT2D eigenvalue weighted by molar-refractivity contribution is 0.0666. The molecule has 0 saturated heterocycles. The molecule has 0 saturated carbocycles. The minimum absolute atomic E-state index is 0.278. The van der Waals surface area contributed by atoms with E-state index >= 15 is 0 Å². The fourth-order valence-corrected chi connectivity index (χ4v) is 2.28. The van der Waals surface area contributed by atoms with Gasteiger partial charge in [0.25, 0.3) is 0 Å². The number of aromatic nitrogens is 3. The smallest absolute Gasteiger partial charge is 0.306 e. The summed E-state index contributed by atoms with van der Waals surface area (Å²) in [6, 6.07) is 9.81. The molecule has 0 radical (unpaired) electrons. The molecule has 0 bridgehead atoms. The fourth-order valence-electron chi connectivity index (χ4n) is 2.28. The maximum atomic E-state index is 12.7. The number of halogens is 2. The van der Waals surface area contributed by atoms with Crippen LogP contribution >= 0.6 is 0 Å². The minimum Gasteiger partial charge on any atom is -0.306 e. The van der Waals surface area contributed by atoms with Gasteiger partial charge in [-0.1, -0.05) is 24.3 Å². The zero-order valence-corrected chi connectivity index (χ0v) is 11.2. The Balaban J connectivity index is 1.71. The van der Waals surface area contributed by atoms with E-state index < -0.39 is 6.55 Å². The molecule has 0 fully saturated rings. The highest BCUT2D eigenvalue weighted by Crippen LogP contribution is 2.16. The van der Waals surface area contributed by atoms with Gasteiger partial charge < -0.3 is 5.32 Å². The largest absolute Gasteiger partial charge is 0.319 e. The molecular formula is C15H14F2N4. The van der Waals surface area contributed by atoms with Gasteiger partial charge in [0.1, 0.15) is 5.82 Å². The number of imidazole rings is 1. The second-order valence-electron chi connectivity index (χ2n) is 4.62. The first-order valence-electron chi connectivity index (χ1n) is 6.59. The second kappa shape index (κ2) is 5.97. The number of benzene rings is 1. The molecule has 2 aromatic heterocycles. The summed E-state index contributed by atoms with van der Waals surface area (Å²) in [5.74, 6) is 0.318. The number of nitrogens with one attached hydrogen (secondary N) is 1. The summed E-state index contributed by atoms with van der Waals surface area (Å²) in [5, 5.41) is 4.20. The number of para-hydroxylation sites is 1. The topological polar surface area (TPSA) is 42.7 Å². The van der Waals surface area contributed by atoms with Crippen LogP contribution in [0.5, 0.6) is 0 Å². The normalized spacial score (nSPS) is 11.4. The molecule has 0 aliphatic rings. The third kappa shape index (κ3) is 2.90. The van der Waals surface area contributed by atoms with Crippen molar-refractivity contribution in [1.82, 2.24) is 19.9 Å². The van der Waals surface area contributed by atoms with Crippen molar-refractivity contribution in [1.29, 1.82) is 0 Å². The summed E-state index contributed by atoms with van der Waals surface area (Å²) >= 11 is 0. The molecule has 3 aromatic rings. The van der Waals surface area contributed by atoms with Crippen molar-refractivity contribution in [2.24, 2.45) is 0 Å². The first-order chi connectivity index (χ1) is 10.3. The molecule has 1 N–H and O–H groups in total. The van der Waals surface area contributed by atoms with Gasteiger partial charge in [0.05, 0.1) is 12.1 Å². The number of hydrogen-bond acceptors (Lipinski definition) is 3. The predicted octanol–water partition coefficient (Wildman–Crippen LogP) is 3.12. The highest BCUT2D eigenvalue weighted by atomic mass is 19.3. The lowest BCUT2D eigenvalue weighted by atomic mass is 10.1. The van der Waals surface area contributed by atoms with E-state index in [0.29, 0.717) is 12.4 Å². The monoisotopic (exact) mass is 288 g/mol. The van der Waals surface area contributed by atoms with E-state index in [1.165, 1.54) is 12.4 Å². The third-order valence-electron chi connectivity index (χ3n) is 3.27. The Morgan fingerprint density at radius 3 is 2.76 bits per heavy atom. The van der Waals surface area contributed by atoms with Crippen LogP contribution in [0.3, 0.4) is 0 Å². The third-order valence-corrected chi connectivity index (χ3v) is 3.27. The van der Waals surface area contributed by atoms with Crippen molar-refractivity contribution in [3.05, 3.63) is 60.3 Å². The number of hydrogen-bond donors (Lipinski definition) is 1. The quantitative estimate of drug-likeness (QED) is 0.784. The van der Waals surface area contributed by atoms with Crippen LogP contribution in [0.1, 0.15) is 17.9 Å². The van der Waals surface area contributed by atoms with Crippen LogP contribution in [-0.4, -0.2) is 14.5 Å². The number of nitrogens with zero attached hydrogens (tertiary/aromatic N) is 3. The maximum Gasteiger partial charge on any atom is 0.319 e. The zero-order valence-electron chi connectivity index (χ0n) is 11.2. The summed E-state index contributed by atoms with van der Waals surface area (Å²) in [7, 11) is 0. The van der Waals surface area contributed by atoms with Crippen molar-refractivity contribution in [3.63, 3.8) is 0 Å². The maximum absolute atomic E-state index is 12.7. The molecule has 6 heteroatoms. The van der Waals surface area contributed by atoms with Gasteiger partial charge in [0, 0.05) is 30.5 Å². The molecule has 0 amide bonds. The fraction of sp³-hybridized carbons (Fsp3) is 0.200. The SMILES string of the molecule is FC(F)n1ccnc1CNCc1cccc2cccnc12. The van der Waals surface area contributed by atoms with Crippen LogP contribution in [0.4, 0.5) is 8.78 Å². The van der Waals surface area contributed by atoms with E-state index in [-0.39, 0.29) is 6.54 Å². The number of pyridine rings is 1. The Labute approximate surface area is 120 Å². The summed E-state index contributed by atoms with van der Waals surface area (Å²) < 4.78 is 26.3. The first-order valence-corrected chi connectivity index (χ1v) is 6.59. The Morgan fingerprint density at radius 1 is 1.05 bits per heavy atom. The van der Waals surface area contributed by atoms with Gasteiger partial charge >= 0.3 is 6.55 Å². The molecule has 0 aliphatic carbocycles. The van der Waals surface area contributed by atoms with Gasteiger partial charge in [-0.2, -0.15) is 8.78 Å². The predicted molar refractivity (Wildman–Crippen MR) is 75.8 cm³/mol. The molecule has 0 unspecified atom stereocenters. The van der Waals surface area contributed by atoms with Crippen molar-refractivity contribution in [3.8, 4) is 0 Å². The first kappa shape index (κ1) is 13.6. The van der Waals surface area contributed by atoms with Crippen molar-refractivity contribution < 1.29 is 8.78 Å². The number of fused-ring (bicyclic) bond motifs is 1. The molecule has 2 heterocycles. The standard InChI is InChI=1S/C15H14F2N4/c16-15(17)21-8-7-19-13(21)10-18-9-12-4-1-3-11-5-2-6-20-14(11)12/h1-8,15,18H,9-10H2. The highest BCUT2D eigenvalue weighted by molar-refractivity contribution is 5.81. The summed E-state index contributed by atoms with van der Waals surface area (Å²) in [6.07, 6.45) is 4.40. The Hall–Kier alpha value is -2.34. The van der Waals surface area contributed by atoms with E-state index in [1.807, 2.05) is 30.3 Å². The lowest BCUT2D eigenvalue weighted by Gasteiger charge is -2.09. The van der Waals surface area contributed by atoms with Crippen LogP contribution in [0.2, 0.25) is 0 Å². The molecule has 0 spiro atoms. The van der Waals surface area contributed by atoms with Gasteiger partial charge in [0.2, 0.25) is 0 Å². The minimum atomic E-state index is -2.57. The van der Waals surface area contributed by atoms with Gasteiger partial charge in [-0.15, -0.1) is 0 Å². The van der Waals surface area contributed by atoms with E-state index in [9.17, 15) is 8.78 Å². The summed E-state index contributed by atoms with van der Waals surface area (Å²) in [5.41, 5.74) is 1.95. The van der Waals surface area contributed by atoms with Gasteiger partial charge in [-0.25, -0.2) is 4.98 Å². The Kier molecular flexibility index (Phi) is 3.87. The molecule has 0 aliphatic heterocycles. The van der Waals surface area contributed by atoms with Crippen molar-refractivity contribution >= 4 is 10.9 Å². The Morgan fingerprint density at radius 2 is 1.90 bits per heavy atom. The summed E-state index contributed by atoms with van der Waals surface area (Å²) in [4.78, 5) is 8.30. The Bertz CT molecular complexity index is 734. The van der Waals surface area contributed by atoms with Gasteiger partial charge in [0.15, 0.2) is 0 Å². The lowest BCUT2D eigenvalue weighted by Crippen LogP contribution is -2.17. The number of rotatable bonds is 5. The molecule has 0 atom stereocenters. The van der Waals surface area contributed by atoms with E-state index in [0.717, 1.165) is 21.0 Å². The van der Waals surface area contributed by atoms with Gasteiger partial charge in [-0.05, 0) is 11.6 Å². The zero-order chi connectivity index (χ0) is 14.7. The molecule has 3 rings (SSSR count).